The summed E-state index contributed by atoms with van der Waals surface area (Å²) in [5.41, 5.74) is 0.399. The van der Waals surface area contributed by atoms with E-state index in [2.05, 4.69) is 53.8 Å². The molecule has 162 valence electrons. The Morgan fingerprint density at radius 2 is 1.67 bits per heavy atom. The smallest absolute Gasteiger partial charge is 0.219 e. The third-order valence-electron chi connectivity index (χ3n) is 5.19. The second-order valence-electron chi connectivity index (χ2n) is 10.3. The van der Waals surface area contributed by atoms with Gasteiger partial charge < -0.3 is 10.1 Å². The number of carbonyl (C=O) groups is 1. The third-order valence-corrected chi connectivity index (χ3v) is 5.19. The fraction of sp³-hybridized carbons (Fsp3) is 0.958. The maximum atomic E-state index is 11.5. The van der Waals surface area contributed by atoms with E-state index in [1.165, 1.54) is 25.7 Å². The van der Waals surface area contributed by atoms with Crippen LogP contribution in [0.1, 0.15) is 107 Å². The first kappa shape index (κ1) is 26.4. The molecule has 0 bridgehead atoms. The van der Waals surface area contributed by atoms with E-state index in [0.717, 1.165) is 44.2 Å². The molecule has 0 saturated heterocycles. The number of ether oxygens (including phenoxy) is 1. The Balaban J connectivity index is 4.37. The van der Waals surface area contributed by atoms with Crippen LogP contribution >= 0.6 is 0 Å². The Morgan fingerprint density at radius 3 is 2.22 bits per heavy atom. The molecule has 0 aliphatic carbocycles. The van der Waals surface area contributed by atoms with Crippen molar-refractivity contribution in [1.82, 2.24) is 5.32 Å². The molecule has 0 radical (unpaired) electrons. The molecule has 0 fully saturated rings. The molecule has 27 heavy (non-hydrogen) atoms. The van der Waals surface area contributed by atoms with Crippen LogP contribution in [-0.2, 0) is 9.53 Å². The molecule has 0 saturated carbocycles. The SMILES string of the molecule is CCCC(=O)NCCCOC(CCC(C)CC(C)(C)C)C(C)CCC(C)C. The lowest BCUT2D eigenvalue weighted by atomic mass is 9.82. The molecule has 0 spiro atoms. The van der Waals surface area contributed by atoms with E-state index in [1.807, 2.05) is 6.92 Å². The van der Waals surface area contributed by atoms with Crippen molar-refractivity contribution in [3.63, 3.8) is 0 Å². The third kappa shape index (κ3) is 16.1. The Kier molecular flexibility index (Phi) is 14.1. The van der Waals surface area contributed by atoms with E-state index in [4.69, 9.17) is 4.74 Å². The van der Waals surface area contributed by atoms with E-state index in [1.54, 1.807) is 0 Å². The van der Waals surface area contributed by atoms with Gasteiger partial charge in [0.2, 0.25) is 5.91 Å². The molecule has 0 aromatic heterocycles. The van der Waals surface area contributed by atoms with Gasteiger partial charge in [-0.1, -0.05) is 61.8 Å². The second-order valence-corrected chi connectivity index (χ2v) is 10.3. The summed E-state index contributed by atoms with van der Waals surface area (Å²) in [7, 11) is 0. The number of carbonyl (C=O) groups excluding carboxylic acids is 1. The minimum absolute atomic E-state index is 0.162. The molecule has 0 aromatic carbocycles. The Hall–Kier alpha value is -0.570. The Labute approximate surface area is 170 Å². The maximum Gasteiger partial charge on any atom is 0.219 e. The van der Waals surface area contributed by atoms with Gasteiger partial charge in [-0.3, -0.25) is 4.79 Å². The highest BCUT2D eigenvalue weighted by Gasteiger charge is 2.21. The summed E-state index contributed by atoms with van der Waals surface area (Å²) in [6.07, 6.45) is 8.95. The Morgan fingerprint density at radius 1 is 1.00 bits per heavy atom. The van der Waals surface area contributed by atoms with Gasteiger partial charge in [0.05, 0.1) is 6.10 Å². The van der Waals surface area contributed by atoms with Crippen LogP contribution in [-0.4, -0.2) is 25.2 Å². The van der Waals surface area contributed by atoms with Gasteiger partial charge in [0.1, 0.15) is 0 Å². The van der Waals surface area contributed by atoms with Crippen LogP contribution in [0, 0.1) is 23.2 Å². The molecule has 0 aliphatic rings. The lowest BCUT2D eigenvalue weighted by Crippen LogP contribution is -2.27. The first-order chi connectivity index (χ1) is 12.5. The van der Waals surface area contributed by atoms with Gasteiger partial charge in [-0.05, 0) is 61.7 Å². The summed E-state index contributed by atoms with van der Waals surface area (Å²) in [4.78, 5) is 11.5. The van der Waals surface area contributed by atoms with Crippen LogP contribution < -0.4 is 5.32 Å². The number of nitrogens with one attached hydrogen (secondary N) is 1. The van der Waals surface area contributed by atoms with E-state index in [-0.39, 0.29) is 5.91 Å². The van der Waals surface area contributed by atoms with Crippen molar-refractivity contribution in [1.29, 1.82) is 0 Å². The van der Waals surface area contributed by atoms with Gasteiger partial charge in [-0.25, -0.2) is 0 Å². The van der Waals surface area contributed by atoms with Crippen LogP contribution in [0.4, 0.5) is 0 Å². The van der Waals surface area contributed by atoms with Crippen LogP contribution in [0.15, 0.2) is 0 Å². The van der Waals surface area contributed by atoms with Crippen LogP contribution in [0.25, 0.3) is 0 Å². The molecule has 3 unspecified atom stereocenters. The molecular weight excluding hydrogens is 334 g/mol. The van der Waals surface area contributed by atoms with Crippen molar-refractivity contribution in [2.45, 2.75) is 113 Å². The Bertz CT molecular complexity index is 373. The van der Waals surface area contributed by atoms with E-state index in [9.17, 15) is 4.79 Å². The van der Waals surface area contributed by atoms with Crippen molar-refractivity contribution >= 4 is 5.91 Å². The lowest BCUT2D eigenvalue weighted by Gasteiger charge is -2.28. The molecule has 3 nitrogen and oxygen atoms in total. The van der Waals surface area contributed by atoms with Crippen molar-refractivity contribution in [3.8, 4) is 0 Å². The molecule has 0 aliphatic heterocycles. The fourth-order valence-electron chi connectivity index (χ4n) is 3.76. The number of rotatable bonds is 15. The van der Waals surface area contributed by atoms with Gasteiger partial charge in [-0.15, -0.1) is 0 Å². The van der Waals surface area contributed by atoms with Crippen LogP contribution in [0.3, 0.4) is 0 Å². The highest BCUT2D eigenvalue weighted by atomic mass is 16.5. The fourth-order valence-corrected chi connectivity index (χ4v) is 3.76. The topological polar surface area (TPSA) is 38.3 Å². The zero-order valence-corrected chi connectivity index (χ0v) is 19.7. The normalized spacial score (nSPS) is 15.6. The van der Waals surface area contributed by atoms with E-state index < -0.39 is 0 Å². The van der Waals surface area contributed by atoms with Crippen LogP contribution in [0.2, 0.25) is 0 Å². The first-order valence-corrected chi connectivity index (χ1v) is 11.4. The molecule has 3 heteroatoms. The highest BCUT2D eigenvalue weighted by molar-refractivity contribution is 5.75. The summed E-state index contributed by atoms with van der Waals surface area (Å²) in [6, 6.07) is 0. The zero-order chi connectivity index (χ0) is 20.9. The average Bonchev–Trinajstić information content (AvgIpc) is 2.53. The first-order valence-electron chi connectivity index (χ1n) is 11.4. The van der Waals surface area contributed by atoms with Gasteiger partial charge in [0.15, 0.2) is 0 Å². The zero-order valence-electron chi connectivity index (χ0n) is 19.7. The number of hydrogen-bond donors (Lipinski definition) is 1. The predicted molar refractivity (Wildman–Crippen MR) is 118 cm³/mol. The summed E-state index contributed by atoms with van der Waals surface area (Å²) in [5, 5.41) is 2.98. The molecule has 0 aromatic rings. The molecule has 0 heterocycles. The van der Waals surface area contributed by atoms with Gasteiger partial charge in [-0.2, -0.15) is 0 Å². The average molecular weight is 384 g/mol. The number of amides is 1. The minimum Gasteiger partial charge on any atom is -0.378 e. The van der Waals surface area contributed by atoms with Gasteiger partial charge in [0.25, 0.3) is 0 Å². The molecule has 0 rings (SSSR count). The highest BCUT2D eigenvalue weighted by Crippen LogP contribution is 2.29. The van der Waals surface area contributed by atoms with Gasteiger partial charge in [0, 0.05) is 19.6 Å². The molecule has 1 N–H and O–H groups in total. The van der Waals surface area contributed by atoms with Crippen molar-refractivity contribution in [3.05, 3.63) is 0 Å². The lowest BCUT2D eigenvalue weighted by molar-refractivity contribution is -0.121. The largest absolute Gasteiger partial charge is 0.378 e. The quantitative estimate of drug-likeness (QED) is 0.323. The van der Waals surface area contributed by atoms with Crippen molar-refractivity contribution < 1.29 is 9.53 Å². The summed E-state index contributed by atoms with van der Waals surface area (Å²) in [5.74, 6) is 2.25. The van der Waals surface area contributed by atoms with Crippen molar-refractivity contribution in [2.75, 3.05) is 13.2 Å². The van der Waals surface area contributed by atoms with Crippen molar-refractivity contribution in [2.24, 2.45) is 23.2 Å². The van der Waals surface area contributed by atoms with E-state index >= 15 is 0 Å². The predicted octanol–water partition coefficient (Wildman–Crippen LogP) is 6.60. The molecule has 1 amide bonds. The summed E-state index contributed by atoms with van der Waals surface area (Å²) >= 11 is 0. The standard InChI is InChI=1S/C24H49NO2/c1-9-11-23(26)25-16-10-17-27-22(21(5)14-12-19(2)3)15-13-20(4)18-24(6,7)8/h19-22H,9-18H2,1-8H3,(H,25,26). The summed E-state index contributed by atoms with van der Waals surface area (Å²) < 4.78 is 6.31. The minimum atomic E-state index is 0.162. The van der Waals surface area contributed by atoms with E-state index in [0.29, 0.717) is 23.9 Å². The maximum absolute atomic E-state index is 11.5. The second kappa shape index (κ2) is 14.4. The van der Waals surface area contributed by atoms with Crippen LogP contribution in [0.5, 0.6) is 0 Å². The monoisotopic (exact) mass is 383 g/mol. The number of hydrogen-bond acceptors (Lipinski definition) is 2. The summed E-state index contributed by atoms with van der Waals surface area (Å²) in [6.45, 7) is 19.8. The molecule has 3 atom stereocenters. The molecular formula is C24H49NO2. The van der Waals surface area contributed by atoms with Gasteiger partial charge >= 0.3 is 0 Å².